The zero-order chi connectivity index (χ0) is 47.7. The van der Waals surface area contributed by atoms with Gasteiger partial charge in [-0.3, -0.25) is 43.2 Å². The van der Waals surface area contributed by atoms with Crippen molar-refractivity contribution in [3.05, 3.63) is 23.8 Å². The standard InChI is InChI=1S/C17H26O4.C17H24O4.C16H22O4/c2*1-9-6-14(15(11(3)19)7-10(2)18)8-16(12(4)20)17(9)13(5)21;1-8(17)14-12-6-5-11(13(14)7-20-4)15(9(2)18)16(12)10(3)19/h9,14-17H,6-8H2,1-5H3;6,14-17H,7-8H2,1-5H3;5-6,11-16H,7H2,1-4H3. The van der Waals surface area contributed by atoms with Gasteiger partial charge in [-0.05, 0) is 138 Å². The number of ether oxygens (including phenoxy) is 1. The van der Waals surface area contributed by atoms with Crippen molar-refractivity contribution in [1.29, 1.82) is 0 Å². The minimum Gasteiger partial charge on any atom is -0.384 e. The SMILES string of the molecule is CC(=O)CC(C(C)=O)C1C=C(C)C(C(C)=O)C(C(C)=O)C1.CC(=O)CC(C(C)=O)C1CC(C)C(C(C)=O)C(C(C)=O)C1.COCC1C2C=CC(C1C(C)=O)C(C(C)=O)C2C(C)=O. The summed E-state index contributed by atoms with van der Waals surface area (Å²) in [5.41, 5.74) is 0.841. The highest BCUT2D eigenvalue weighted by Gasteiger charge is 2.55. The Labute approximate surface area is 368 Å². The molecule has 15 atom stereocenters. The maximum Gasteiger partial charge on any atom is 0.137 e. The fraction of sp³-hybridized carbons (Fsp3) is 0.700. The highest BCUT2D eigenvalue weighted by atomic mass is 16.5. The van der Waals surface area contributed by atoms with E-state index in [1.807, 2.05) is 32.1 Å². The first kappa shape index (κ1) is 53.9. The second-order valence-electron chi connectivity index (χ2n) is 19.0. The van der Waals surface area contributed by atoms with Crippen molar-refractivity contribution in [2.45, 2.75) is 122 Å². The second kappa shape index (κ2) is 23.5. The molecule has 62 heavy (non-hydrogen) atoms. The van der Waals surface area contributed by atoms with Crippen LogP contribution in [0.1, 0.15) is 122 Å². The van der Waals surface area contributed by atoms with Crippen LogP contribution in [0.3, 0.4) is 0 Å². The summed E-state index contributed by atoms with van der Waals surface area (Å²) in [5, 5.41) is 0. The summed E-state index contributed by atoms with van der Waals surface area (Å²) in [7, 11) is 1.61. The van der Waals surface area contributed by atoms with Crippen LogP contribution >= 0.6 is 0 Å². The highest BCUT2D eigenvalue weighted by molar-refractivity contribution is 5.92. The number of rotatable bonds is 17. The van der Waals surface area contributed by atoms with Crippen LogP contribution in [0.15, 0.2) is 23.8 Å². The number of methoxy groups -OCH3 is 1. The Morgan fingerprint density at radius 3 is 1.40 bits per heavy atom. The molecule has 5 aliphatic carbocycles. The smallest absolute Gasteiger partial charge is 0.137 e. The molecule has 12 heteroatoms. The van der Waals surface area contributed by atoms with Gasteiger partial charge >= 0.3 is 0 Å². The van der Waals surface area contributed by atoms with Crippen molar-refractivity contribution < 1.29 is 57.5 Å². The maximum atomic E-state index is 12.0. The van der Waals surface area contributed by atoms with E-state index in [9.17, 15) is 52.7 Å². The van der Waals surface area contributed by atoms with Gasteiger partial charge in [-0.1, -0.05) is 30.7 Å². The lowest BCUT2D eigenvalue weighted by atomic mass is 9.51. The van der Waals surface area contributed by atoms with E-state index >= 15 is 0 Å². The summed E-state index contributed by atoms with van der Waals surface area (Å²) in [6.07, 6.45) is 8.07. The third kappa shape index (κ3) is 13.4. The maximum absolute atomic E-state index is 12.0. The average Bonchev–Trinajstić information content (AvgIpc) is 3.14. The van der Waals surface area contributed by atoms with Crippen LogP contribution in [0.5, 0.6) is 0 Å². The average molecular weight is 865 g/mol. The molecule has 0 N–H and O–H groups in total. The van der Waals surface area contributed by atoms with Crippen LogP contribution in [0.2, 0.25) is 0 Å². The first-order chi connectivity index (χ1) is 28.7. The van der Waals surface area contributed by atoms with Gasteiger partial charge in [-0.2, -0.15) is 0 Å². The molecule has 2 bridgehead atoms. The van der Waals surface area contributed by atoms with E-state index in [-0.39, 0.29) is 159 Å². The molecule has 0 spiro atoms. The third-order valence-electron chi connectivity index (χ3n) is 14.2. The van der Waals surface area contributed by atoms with Crippen LogP contribution in [-0.4, -0.2) is 77.3 Å². The molecule has 15 unspecified atom stereocenters. The van der Waals surface area contributed by atoms with Gasteiger partial charge in [0.05, 0.1) is 6.61 Å². The van der Waals surface area contributed by atoms with Gasteiger partial charge in [-0.25, -0.2) is 0 Å². The highest BCUT2D eigenvalue weighted by Crippen LogP contribution is 2.52. The zero-order valence-electron chi connectivity index (χ0n) is 39.5. The van der Waals surface area contributed by atoms with Gasteiger partial charge in [0.1, 0.15) is 63.6 Å². The van der Waals surface area contributed by atoms with Gasteiger partial charge in [0.25, 0.3) is 0 Å². The Kier molecular flexibility index (Phi) is 20.4. The van der Waals surface area contributed by atoms with Gasteiger partial charge in [0.2, 0.25) is 0 Å². The van der Waals surface area contributed by atoms with Gasteiger partial charge in [0, 0.05) is 73.2 Å². The quantitative estimate of drug-likeness (QED) is 0.138. The van der Waals surface area contributed by atoms with Crippen molar-refractivity contribution in [2.75, 3.05) is 13.7 Å². The zero-order valence-corrected chi connectivity index (χ0v) is 39.5. The van der Waals surface area contributed by atoms with Crippen LogP contribution in [-0.2, 0) is 57.5 Å². The summed E-state index contributed by atoms with van der Waals surface area (Å²) in [5.74, 6) is -3.15. The molecule has 344 valence electrons. The first-order valence-electron chi connectivity index (χ1n) is 22.1. The molecule has 0 radical (unpaired) electrons. The number of hydrogen-bond acceptors (Lipinski definition) is 12. The van der Waals surface area contributed by atoms with Crippen LogP contribution < -0.4 is 0 Å². The van der Waals surface area contributed by atoms with E-state index in [4.69, 9.17) is 4.74 Å². The molecule has 2 fully saturated rings. The van der Waals surface area contributed by atoms with E-state index in [1.165, 1.54) is 62.3 Å². The van der Waals surface area contributed by atoms with E-state index in [0.717, 1.165) is 12.0 Å². The predicted molar refractivity (Wildman–Crippen MR) is 233 cm³/mol. The molecule has 12 nitrogen and oxygen atoms in total. The monoisotopic (exact) mass is 865 g/mol. The topological polar surface area (TPSA) is 197 Å². The molecule has 0 heterocycles. The number of allylic oxidation sites excluding steroid dienone is 4. The normalized spacial score (nSPS) is 31.9. The van der Waals surface area contributed by atoms with Crippen molar-refractivity contribution in [3.63, 3.8) is 0 Å². The second-order valence-corrected chi connectivity index (χ2v) is 19.0. The van der Waals surface area contributed by atoms with Crippen molar-refractivity contribution in [1.82, 2.24) is 0 Å². The largest absolute Gasteiger partial charge is 0.384 e. The number of Topliss-reactive ketones (excluding diaryl/α,β-unsaturated/α-hetero) is 11. The Balaban J connectivity index is 0.000000320. The minimum atomic E-state index is -0.396. The molecule has 0 amide bonds. The molecule has 0 aromatic rings. The molecule has 0 aliphatic heterocycles. The minimum absolute atomic E-state index is 0.00278. The summed E-state index contributed by atoms with van der Waals surface area (Å²) in [6.45, 7) is 20.9. The fourth-order valence-electron chi connectivity index (χ4n) is 11.7. The van der Waals surface area contributed by atoms with Gasteiger partial charge < -0.3 is 14.3 Å². The van der Waals surface area contributed by atoms with Crippen LogP contribution in [0.25, 0.3) is 0 Å². The fourth-order valence-corrected chi connectivity index (χ4v) is 11.7. The van der Waals surface area contributed by atoms with Gasteiger partial charge in [-0.15, -0.1) is 0 Å². The van der Waals surface area contributed by atoms with Gasteiger partial charge in [0.15, 0.2) is 0 Å². The van der Waals surface area contributed by atoms with E-state index < -0.39 is 5.92 Å². The predicted octanol–water partition coefficient (Wildman–Crippen LogP) is 6.85. The molecule has 5 rings (SSSR count). The Morgan fingerprint density at radius 1 is 0.548 bits per heavy atom. The molecule has 0 saturated heterocycles. The summed E-state index contributed by atoms with van der Waals surface area (Å²) < 4.78 is 5.26. The Bertz CT molecular complexity index is 1830. The molecular weight excluding hydrogens is 793 g/mol. The van der Waals surface area contributed by atoms with Crippen molar-refractivity contribution in [2.24, 2.45) is 88.8 Å². The van der Waals surface area contributed by atoms with Crippen LogP contribution in [0.4, 0.5) is 0 Å². The number of hydrogen-bond donors (Lipinski definition) is 0. The number of carbonyl (C=O) groups is 11. The summed E-state index contributed by atoms with van der Waals surface area (Å²) >= 11 is 0. The Hall–Kier alpha value is -4.19. The first-order valence-corrected chi connectivity index (χ1v) is 22.1. The third-order valence-corrected chi connectivity index (χ3v) is 14.2. The molecule has 5 aliphatic rings. The summed E-state index contributed by atoms with van der Waals surface area (Å²) in [4.78, 5) is 130. The Morgan fingerprint density at radius 2 is 1.00 bits per heavy atom. The molecule has 0 aromatic carbocycles. The molecular formula is C50H72O12. The number of ketones is 11. The lowest BCUT2D eigenvalue weighted by Gasteiger charge is -2.51. The van der Waals surface area contributed by atoms with Crippen molar-refractivity contribution in [3.8, 4) is 0 Å². The van der Waals surface area contributed by atoms with Crippen molar-refractivity contribution >= 4 is 63.6 Å². The van der Waals surface area contributed by atoms with E-state index in [1.54, 1.807) is 21.0 Å². The number of carbonyl (C=O) groups excluding carboxylic acids is 11. The lowest BCUT2D eigenvalue weighted by Crippen LogP contribution is -2.55. The lowest BCUT2D eigenvalue weighted by molar-refractivity contribution is -0.147. The van der Waals surface area contributed by atoms with Crippen LogP contribution in [0, 0.1) is 88.8 Å². The van der Waals surface area contributed by atoms with E-state index in [0.29, 0.717) is 19.4 Å². The molecule has 0 aromatic heterocycles. The van der Waals surface area contributed by atoms with E-state index in [2.05, 4.69) is 0 Å². The summed E-state index contributed by atoms with van der Waals surface area (Å²) in [6, 6.07) is 0. The number of fused-ring (bicyclic) bond motifs is 2. The molecule has 2 saturated carbocycles.